The van der Waals surface area contributed by atoms with Crippen LogP contribution in [0.2, 0.25) is 0 Å². The lowest BCUT2D eigenvalue weighted by Gasteiger charge is -2.43. The molecular weight excluding hydrogens is 255 g/mol. The maximum Gasteiger partial charge on any atom is 0.134 e. The van der Waals surface area contributed by atoms with Crippen LogP contribution in [0.1, 0.15) is 45.2 Å². The van der Waals surface area contributed by atoms with Crippen LogP contribution >= 0.6 is 0 Å². The Kier molecular flexibility index (Phi) is 3.84. The lowest BCUT2D eigenvalue weighted by Crippen LogP contribution is -2.45. The maximum absolute atomic E-state index is 14.1. The molecule has 0 spiro atoms. The third kappa shape index (κ3) is 2.42. The first kappa shape index (κ1) is 14.6. The molecule has 0 aliphatic carbocycles. The molecule has 0 atom stereocenters. The average molecular weight is 276 g/mol. The molecular formula is C16H21FN2O. The van der Waals surface area contributed by atoms with Gasteiger partial charge in [-0.25, -0.2) is 4.39 Å². The molecule has 0 saturated heterocycles. The second kappa shape index (κ2) is 5.27. The number of benzene rings is 1. The molecule has 0 unspecified atom stereocenters. The van der Waals surface area contributed by atoms with Crippen molar-refractivity contribution in [2.45, 2.75) is 39.7 Å². The summed E-state index contributed by atoms with van der Waals surface area (Å²) < 4.78 is 14.1. The lowest BCUT2D eigenvalue weighted by atomic mass is 9.88. The van der Waals surface area contributed by atoms with Crippen LogP contribution in [0, 0.1) is 5.82 Å². The quantitative estimate of drug-likeness (QED) is 0.513. The summed E-state index contributed by atoms with van der Waals surface area (Å²) in [5.74, 6) is -0.367. The van der Waals surface area contributed by atoms with Crippen LogP contribution in [0.5, 0.6) is 0 Å². The Labute approximate surface area is 119 Å². The van der Waals surface area contributed by atoms with E-state index in [1.54, 1.807) is 12.1 Å². The van der Waals surface area contributed by atoms with Gasteiger partial charge in [-0.05, 0) is 44.9 Å². The molecule has 0 bridgehead atoms. The second-order valence-electron chi connectivity index (χ2n) is 5.77. The van der Waals surface area contributed by atoms with Crippen LogP contribution in [0.15, 0.2) is 23.4 Å². The van der Waals surface area contributed by atoms with Crippen molar-refractivity contribution >= 4 is 17.5 Å². The number of nitrogens with zero attached hydrogens (tertiary/aromatic N) is 2. The first-order valence-corrected chi connectivity index (χ1v) is 6.89. The van der Waals surface area contributed by atoms with Crippen molar-refractivity contribution < 1.29 is 9.60 Å². The molecule has 3 nitrogen and oxygen atoms in total. The van der Waals surface area contributed by atoms with Crippen LogP contribution in [0.3, 0.4) is 0 Å². The van der Waals surface area contributed by atoms with E-state index in [9.17, 15) is 4.39 Å². The first-order chi connectivity index (χ1) is 9.40. The summed E-state index contributed by atoms with van der Waals surface area (Å²) in [6.45, 7) is 9.29. The molecule has 0 radical (unpaired) electrons. The molecule has 2 rings (SSSR count). The van der Waals surface area contributed by atoms with Crippen molar-refractivity contribution in [2.75, 3.05) is 11.4 Å². The number of allylic oxidation sites excluding steroid dienone is 1. The van der Waals surface area contributed by atoms with Gasteiger partial charge in [0.15, 0.2) is 0 Å². The summed E-state index contributed by atoms with van der Waals surface area (Å²) in [7, 11) is 0. The standard InChI is InChI=1S/C16H21FN2O/c1-5-6-19-15-8-14(17)12(10-18-20)7-13(15)11(2)9-16(19,3)4/h7-10,20H,5-6H2,1-4H3. The van der Waals surface area contributed by atoms with E-state index in [-0.39, 0.29) is 11.4 Å². The summed E-state index contributed by atoms with van der Waals surface area (Å²) in [4.78, 5) is 2.22. The van der Waals surface area contributed by atoms with Gasteiger partial charge in [0.1, 0.15) is 5.82 Å². The molecule has 0 aromatic heterocycles. The van der Waals surface area contributed by atoms with Crippen molar-refractivity contribution in [1.82, 2.24) is 0 Å². The predicted molar refractivity (Wildman–Crippen MR) is 81.1 cm³/mol. The zero-order valence-corrected chi connectivity index (χ0v) is 12.4. The van der Waals surface area contributed by atoms with Crippen molar-refractivity contribution in [3.63, 3.8) is 0 Å². The van der Waals surface area contributed by atoms with Gasteiger partial charge in [-0.2, -0.15) is 0 Å². The topological polar surface area (TPSA) is 35.8 Å². The molecule has 1 heterocycles. The molecule has 108 valence electrons. The highest BCUT2D eigenvalue weighted by Gasteiger charge is 2.31. The fraction of sp³-hybridized carbons (Fsp3) is 0.438. The van der Waals surface area contributed by atoms with Gasteiger partial charge in [-0.1, -0.05) is 18.2 Å². The maximum atomic E-state index is 14.1. The summed E-state index contributed by atoms with van der Waals surface area (Å²) in [6, 6.07) is 3.29. The van der Waals surface area contributed by atoms with Crippen LogP contribution in [-0.2, 0) is 0 Å². The number of oxime groups is 1. The second-order valence-corrected chi connectivity index (χ2v) is 5.77. The molecule has 1 N–H and O–H groups in total. The molecule has 1 aliphatic rings. The van der Waals surface area contributed by atoms with Crippen LogP contribution in [-0.4, -0.2) is 23.5 Å². The molecule has 0 amide bonds. The Balaban J connectivity index is 2.63. The SMILES string of the molecule is CCCN1c2cc(F)c(C=NO)cc2C(C)=CC1(C)C. The first-order valence-electron chi connectivity index (χ1n) is 6.89. The summed E-state index contributed by atoms with van der Waals surface area (Å²) in [5, 5.41) is 11.5. The molecule has 1 aromatic carbocycles. The minimum absolute atomic E-state index is 0.133. The molecule has 4 heteroatoms. The van der Waals surface area contributed by atoms with Gasteiger partial charge in [0.2, 0.25) is 0 Å². The van der Waals surface area contributed by atoms with E-state index in [2.05, 4.69) is 36.9 Å². The molecule has 20 heavy (non-hydrogen) atoms. The van der Waals surface area contributed by atoms with Crippen LogP contribution in [0.4, 0.5) is 10.1 Å². The number of hydrogen-bond acceptors (Lipinski definition) is 3. The highest BCUT2D eigenvalue weighted by Crippen LogP contribution is 2.39. The van der Waals surface area contributed by atoms with E-state index in [1.807, 2.05) is 6.92 Å². The van der Waals surface area contributed by atoms with Gasteiger partial charge in [0, 0.05) is 23.4 Å². The molecule has 1 aromatic rings. The van der Waals surface area contributed by atoms with Crippen molar-refractivity contribution in [2.24, 2.45) is 5.16 Å². The fourth-order valence-electron chi connectivity index (χ4n) is 2.91. The minimum Gasteiger partial charge on any atom is -0.411 e. The van der Waals surface area contributed by atoms with E-state index in [4.69, 9.17) is 5.21 Å². The van der Waals surface area contributed by atoms with Gasteiger partial charge < -0.3 is 10.1 Å². The van der Waals surface area contributed by atoms with E-state index in [0.717, 1.165) is 36.0 Å². The van der Waals surface area contributed by atoms with Gasteiger partial charge >= 0.3 is 0 Å². The Morgan fingerprint density at radius 2 is 2.10 bits per heavy atom. The molecule has 1 aliphatic heterocycles. The van der Waals surface area contributed by atoms with Crippen molar-refractivity contribution in [1.29, 1.82) is 0 Å². The summed E-state index contributed by atoms with van der Waals surface area (Å²) >= 11 is 0. The van der Waals surface area contributed by atoms with Gasteiger partial charge in [0.25, 0.3) is 0 Å². The monoisotopic (exact) mass is 276 g/mol. The number of halogens is 1. The highest BCUT2D eigenvalue weighted by molar-refractivity contribution is 5.87. The minimum atomic E-state index is -0.367. The number of anilines is 1. The zero-order chi connectivity index (χ0) is 14.9. The zero-order valence-electron chi connectivity index (χ0n) is 12.4. The Bertz CT molecular complexity index is 576. The smallest absolute Gasteiger partial charge is 0.134 e. The Morgan fingerprint density at radius 1 is 1.40 bits per heavy atom. The van der Waals surface area contributed by atoms with E-state index in [1.165, 1.54) is 0 Å². The van der Waals surface area contributed by atoms with E-state index >= 15 is 0 Å². The largest absolute Gasteiger partial charge is 0.411 e. The average Bonchev–Trinajstić information content (AvgIpc) is 2.36. The summed E-state index contributed by atoms with van der Waals surface area (Å²) in [5.41, 5.74) is 3.19. The van der Waals surface area contributed by atoms with Crippen LogP contribution in [0.25, 0.3) is 5.57 Å². The molecule has 0 saturated carbocycles. The normalized spacial score (nSPS) is 17.2. The van der Waals surface area contributed by atoms with E-state index in [0.29, 0.717) is 5.56 Å². The fourth-order valence-corrected chi connectivity index (χ4v) is 2.91. The van der Waals surface area contributed by atoms with Crippen molar-refractivity contribution in [3.05, 3.63) is 35.2 Å². The van der Waals surface area contributed by atoms with Crippen molar-refractivity contribution in [3.8, 4) is 0 Å². The third-order valence-electron chi connectivity index (χ3n) is 3.74. The van der Waals surface area contributed by atoms with Gasteiger partial charge in [-0.3, -0.25) is 0 Å². The summed E-state index contributed by atoms with van der Waals surface area (Å²) in [6.07, 6.45) is 4.33. The number of hydrogen-bond donors (Lipinski definition) is 1. The Morgan fingerprint density at radius 3 is 2.70 bits per heavy atom. The molecule has 0 fully saturated rings. The highest BCUT2D eigenvalue weighted by atomic mass is 19.1. The predicted octanol–water partition coefficient (Wildman–Crippen LogP) is 4.05. The van der Waals surface area contributed by atoms with Gasteiger partial charge in [0.05, 0.1) is 11.8 Å². The third-order valence-corrected chi connectivity index (χ3v) is 3.74. The van der Waals surface area contributed by atoms with Crippen LogP contribution < -0.4 is 4.90 Å². The lowest BCUT2D eigenvalue weighted by molar-refractivity contribution is 0.321. The van der Waals surface area contributed by atoms with Gasteiger partial charge in [-0.15, -0.1) is 0 Å². The number of fused-ring (bicyclic) bond motifs is 1. The Hall–Kier alpha value is -1.84. The van der Waals surface area contributed by atoms with E-state index < -0.39 is 0 Å². The number of rotatable bonds is 3.